The van der Waals surface area contributed by atoms with Crippen molar-refractivity contribution in [3.8, 4) is 0 Å². The second kappa shape index (κ2) is 7.51. The van der Waals surface area contributed by atoms with E-state index in [1.807, 2.05) is 6.92 Å². The number of amides is 1. The summed E-state index contributed by atoms with van der Waals surface area (Å²) in [6, 6.07) is 4.19. The lowest BCUT2D eigenvalue weighted by Gasteiger charge is -2.30. The lowest BCUT2D eigenvalue weighted by molar-refractivity contribution is -0.385. The molecule has 0 aliphatic carbocycles. The van der Waals surface area contributed by atoms with Gasteiger partial charge in [0.25, 0.3) is 11.6 Å². The summed E-state index contributed by atoms with van der Waals surface area (Å²) in [5, 5.41) is 14.9. The fourth-order valence-corrected chi connectivity index (χ4v) is 3.99. The molecule has 1 N–H and O–H groups in total. The van der Waals surface area contributed by atoms with Crippen molar-refractivity contribution in [2.75, 3.05) is 10.7 Å². The summed E-state index contributed by atoms with van der Waals surface area (Å²) in [4.78, 5) is 22.6. The number of nitrogens with one attached hydrogen (secondary N) is 1. The summed E-state index contributed by atoms with van der Waals surface area (Å²) in [5.74, 6) is -0.338. The zero-order valence-corrected chi connectivity index (χ0v) is 15.4. The summed E-state index contributed by atoms with van der Waals surface area (Å²) in [6.07, 6.45) is 0.728. The Morgan fingerprint density at radius 3 is 2.40 bits per heavy atom. The molecule has 0 saturated heterocycles. The standard InChI is InChI=1S/C12H13Br3N2O3/c1-2-12(6-13,7-14)16-11(18)8-3-9(15)5-10(4-8)17(19)20/h3-5H,2,6-7H2,1H3,(H,16,18). The van der Waals surface area contributed by atoms with E-state index in [-0.39, 0.29) is 17.2 Å². The maximum absolute atomic E-state index is 12.3. The number of nitro groups is 1. The van der Waals surface area contributed by atoms with Crippen molar-refractivity contribution in [1.82, 2.24) is 5.32 Å². The first-order valence-electron chi connectivity index (χ1n) is 5.77. The molecule has 5 nitrogen and oxygen atoms in total. The molecular weight excluding hydrogens is 460 g/mol. The molecule has 0 aliphatic heterocycles. The molecule has 1 aromatic rings. The lowest BCUT2D eigenvalue weighted by atomic mass is 10.0. The minimum Gasteiger partial charge on any atom is -0.345 e. The lowest BCUT2D eigenvalue weighted by Crippen LogP contribution is -2.51. The summed E-state index contributed by atoms with van der Waals surface area (Å²) < 4.78 is 0.497. The average Bonchev–Trinajstić information content (AvgIpc) is 2.44. The maximum Gasteiger partial charge on any atom is 0.271 e. The predicted molar refractivity (Wildman–Crippen MR) is 88.9 cm³/mol. The highest BCUT2D eigenvalue weighted by molar-refractivity contribution is 9.10. The molecule has 0 unspecified atom stereocenters. The molecule has 20 heavy (non-hydrogen) atoms. The van der Waals surface area contributed by atoms with Crippen LogP contribution in [0.3, 0.4) is 0 Å². The van der Waals surface area contributed by atoms with Crippen molar-refractivity contribution in [1.29, 1.82) is 0 Å². The van der Waals surface area contributed by atoms with Gasteiger partial charge in [0, 0.05) is 32.8 Å². The van der Waals surface area contributed by atoms with Gasteiger partial charge in [-0.05, 0) is 12.5 Å². The van der Waals surface area contributed by atoms with Crippen LogP contribution in [0.4, 0.5) is 5.69 Å². The Bertz CT molecular complexity index is 510. The summed E-state index contributed by atoms with van der Waals surface area (Å²) in [6.45, 7) is 1.96. The van der Waals surface area contributed by atoms with Gasteiger partial charge in [0.2, 0.25) is 0 Å². The molecule has 0 spiro atoms. The van der Waals surface area contributed by atoms with Crippen LogP contribution in [-0.4, -0.2) is 27.0 Å². The third-order valence-electron chi connectivity index (χ3n) is 2.92. The van der Waals surface area contributed by atoms with E-state index in [4.69, 9.17) is 0 Å². The maximum atomic E-state index is 12.3. The molecule has 1 aromatic carbocycles. The van der Waals surface area contributed by atoms with Crippen molar-refractivity contribution in [2.24, 2.45) is 0 Å². The minimum absolute atomic E-state index is 0.121. The van der Waals surface area contributed by atoms with Gasteiger partial charge < -0.3 is 5.32 Å². The molecule has 0 heterocycles. The van der Waals surface area contributed by atoms with Gasteiger partial charge in [-0.15, -0.1) is 0 Å². The number of halogens is 3. The summed E-state index contributed by atoms with van der Waals surface area (Å²) >= 11 is 9.95. The Morgan fingerprint density at radius 2 is 1.95 bits per heavy atom. The van der Waals surface area contributed by atoms with E-state index in [9.17, 15) is 14.9 Å². The molecule has 0 radical (unpaired) electrons. The van der Waals surface area contributed by atoms with Gasteiger partial charge in [0.1, 0.15) is 0 Å². The van der Waals surface area contributed by atoms with Crippen LogP contribution < -0.4 is 5.32 Å². The van der Waals surface area contributed by atoms with Gasteiger partial charge >= 0.3 is 0 Å². The van der Waals surface area contributed by atoms with Crippen molar-refractivity contribution in [3.05, 3.63) is 38.3 Å². The van der Waals surface area contributed by atoms with E-state index in [0.29, 0.717) is 15.1 Å². The van der Waals surface area contributed by atoms with E-state index < -0.39 is 10.5 Å². The number of carbonyl (C=O) groups is 1. The molecule has 0 bridgehead atoms. The van der Waals surface area contributed by atoms with Gasteiger partial charge in [-0.3, -0.25) is 14.9 Å². The van der Waals surface area contributed by atoms with Gasteiger partial charge in [0.15, 0.2) is 0 Å². The van der Waals surface area contributed by atoms with Crippen molar-refractivity contribution >= 4 is 59.4 Å². The Morgan fingerprint density at radius 1 is 1.35 bits per heavy atom. The second-order valence-electron chi connectivity index (χ2n) is 4.31. The first-order chi connectivity index (χ1) is 9.37. The first kappa shape index (κ1) is 17.6. The molecule has 8 heteroatoms. The summed E-state index contributed by atoms with van der Waals surface area (Å²) in [7, 11) is 0. The van der Waals surface area contributed by atoms with Crippen LogP contribution in [0.15, 0.2) is 22.7 Å². The fourth-order valence-electron chi connectivity index (χ4n) is 1.50. The largest absolute Gasteiger partial charge is 0.345 e. The average molecular weight is 473 g/mol. The molecule has 0 aromatic heterocycles. The Kier molecular flexibility index (Phi) is 6.60. The van der Waals surface area contributed by atoms with Gasteiger partial charge in [0.05, 0.1) is 10.5 Å². The highest BCUT2D eigenvalue weighted by Crippen LogP contribution is 2.23. The highest BCUT2D eigenvalue weighted by atomic mass is 79.9. The van der Waals surface area contributed by atoms with Crippen LogP contribution in [0.2, 0.25) is 0 Å². The molecule has 1 amide bonds. The monoisotopic (exact) mass is 470 g/mol. The highest BCUT2D eigenvalue weighted by Gasteiger charge is 2.28. The van der Waals surface area contributed by atoms with Gasteiger partial charge in [-0.25, -0.2) is 0 Å². The number of carbonyl (C=O) groups excluding carboxylic acids is 1. The molecule has 110 valence electrons. The number of rotatable bonds is 6. The molecule has 0 fully saturated rings. The molecular formula is C12H13Br3N2O3. The first-order valence-corrected chi connectivity index (χ1v) is 8.80. The SMILES string of the molecule is CCC(CBr)(CBr)NC(=O)c1cc(Br)cc([N+](=O)[O-])c1. The third kappa shape index (κ3) is 4.26. The zero-order chi connectivity index (χ0) is 15.3. The van der Waals surface area contributed by atoms with Crippen LogP contribution in [0, 0.1) is 10.1 Å². The number of benzene rings is 1. The molecule has 0 aliphatic rings. The predicted octanol–water partition coefficient (Wildman–Crippen LogP) is 4.03. The molecule has 1 rings (SSSR count). The second-order valence-corrected chi connectivity index (χ2v) is 6.35. The number of nitrogens with zero attached hydrogens (tertiary/aromatic N) is 1. The van der Waals surface area contributed by atoms with Crippen LogP contribution in [0.25, 0.3) is 0 Å². The Balaban J connectivity index is 3.06. The zero-order valence-electron chi connectivity index (χ0n) is 10.7. The van der Waals surface area contributed by atoms with Crippen molar-refractivity contribution in [3.63, 3.8) is 0 Å². The molecule has 0 atom stereocenters. The Hall–Kier alpha value is -0.470. The fraction of sp³-hybridized carbons (Fsp3) is 0.417. The number of non-ortho nitro benzene ring substituents is 1. The van der Waals surface area contributed by atoms with Crippen LogP contribution in [0.5, 0.6) is 0 Å². The normalized spacial score (nSPS) is 11.2. The number of hydrogen-bond acceptors (Lipinski definition) is 3. The van der Waals surface area contributed by atoms with E-state index in [2.05, 4.69) is 53.1 Å². The molecule has 0 saturated carbocycles. The number of alkyl halides is 2. The van der Waals surface area contributed by atoms with E-state index in [1.54, 1.807) is 6.07 Å². The van der Waals surface area contributed by atoms with Gasteiger partial charge in [-0.2, -0.15) is 0 Å². The van der Waals surface area contributed by atoms with Crippen LogP contribution in [0.1, 0.15) is 23.7 Å². The van der Waals surface area contributed by atoms with Crippen LogP contribution in [-0.2, 0) is 0 Å². The summed E-state index contributed by atoms with van der Waals surface area (Å²) in [5.41, 5.74) is -0.288. The number of nitro benzene ring substituents is 1. The smallest absolute Gasteiger partial charge is 0.271 e. The van der Waals surface area contributed by atoms with Crippen molar-refractivity contribution < 1.29 is 9.72 Å². The van der Waals surface area contributed by atoms with Crippen molar-refractivity contribution in [2.45, 2.75) is 18.9 Å². The van der Waals surface area contributed by atoms with E-state index in [0.717, 1.165) is 6.42 Å². The third-order valence-corrected chi connectivity index (χ3v) is 5.53. The van der Waals surface area contributed by atoms with Gasteiger partial charge in [-0.1, -0.05) is 54.7 Å². The minimum atomic E-state index is -0.524. The van der Waals surface area contributed by atoms with E-state index in [1.165, 1.54) is 12.1 Å². The Labute approximate surface area is 142 Å². The quantitative estimate of drug-likeness (QED) is 0.386. The van der Waals surface area contributed by atoms with E-state index >= 15 is 0 Å². The van der Waals surface area contributed by atoms with Crippen LogP contribution >= 0.6 is 47.8 Å². The topological polar surface area (TPSA) is 72.2 Å². The number of hydrogen-bond donors (Lipinski definition) is 1.